The van der Waals surface area contributed by atoms with Crippen molar-refractivity contribution in [3.05, 3.63) is 53.3 Å². The van der Waals surface area contributed by atoms with E-state index in [-0.39, 0.29) is 11.9 Å². The van der Waals surface area contributed by atoms with Crippen LogP contribution in [0.4, 0.5) is 0 Å². The van der Waals surface area contributed by atoms with E-state index in [0.29, 0.717) is 18.7 Å². The lowest BCUT2D eigenvalue weighted by Gasteiger charge is -2.12. The predicted molar refractivity (Wildman–Crippen MR) is 88.0 cm³/mol. The largest absolute Gasteiger partial charge is 0.350 e. The number of carbonyl (C=O) groups excluding carboxylic acids is 1. The van der Waals surface area contributed by atoms with Gasteiger partial charge in [-0.25, -0.2) is 0 Å². The number of likely N-dealkylation sites (N-methyl/N-ethyl adjacent to an activating group) is 1. The van der Waals surface area contributed by atoms with Gasteiger partial charge in [-0.1, -0.05) is 37.3 Å². The van der Waals surface area contributed by atoms with Gasteiger partial charge in [0.1, 0.15) is 0 Å². The van der Waals surface area contributed by atoms with Crippen LogP contribution < -0.4 is 10.6 Å². The van der Waals surface area contributed by atoms with Crippen molar-refractivity contribution < 1.29 is 4.79 Å². The molecule has 0 bridgehead atoms. The quantitative estimate of drug-likeness (QED) is 0.820. The van der Waals surface area contributed by atoms with Crippen molar-refractivity contribution in [2.45, 2.75) is 32.9 Å². The molecule has 1 atom stereocenters. The van der Waals surface area contributed by atoms with E-state index >= 15 is 0 Å². The van der Waals surface area contributed by atoms with Crippen LogP contribution in [-0.2, 0) is 13.0 Å². The lowest BCUT2D eigenvalue weighted by Crippen LogP contribution is -2.37. The van der Waals surface area contributed by atoms with Crippen molar-refractivity contribution >= 4 is 5.91 Å². The van der Waals surface area contributed by atoms with E-state index in [0.717, 1.165) is 12.1 Å². The van der Waals surface area contributed by atoms with Gasteiger partial charge in [-0.2, -0.15) is 5.10 Å². The van der Waals surface area contributed by atoms with E-state index in [2.05, 4.69) is 27.9 Å². The summed E-state index contributed by atoms with van der Waals surface area (Å²) in [5.74, 6) is -0.0572. The molecule has 0 aliphatic carbocycles. The Kier molecular flexibility index (Phi) is 5.72. The van der Waals surface area contributed by atoms with Crippen LogP contribution >= 0.6 is 0 Å². The van der Waals surface area contributed by atoms with E-state index < -0.39 is 0 Å². The number of hydrogen-bond donors (Lipinski definition) is 2. The van der Waals surface area contributed by atoms with Crippen LogP contribution in [0.1, 0.15) is 35.5 Å². The highest BCUT2D eigenvalue weighted by atomic mass is 16.1. The Morgan fingerprint density at radius 1 is 1.32 bits per heavy atom. The Morgan fingerprint density at radius 2 is 2.05 bits per heavy atom. The van der Waals surface area contributed by atoms with Crippen molar-refractivity contribution in [2.24, 2.45) is 0 Å². The number of amides is 1. The van der Waals surface area contributed by atoms with Crippen LogP contribution in [0.15, 0.2) is 36.5 Å². The van der Waals surface area contributed by atoms with E-state index in [9.17, 15) is 4.79 Å². The van der Waals surface area contributed by atoms with Gasteiger partial charge < -0.3 is 10.6 Å². The second-order valence-electron chi connectivity index (χ2n) is 5.40. The number of hydrogen-bond acceptors (Lipinski definition) is 3. The summed E-state index contributed by atoms with van der Waals surface area (Å²) in [5.41, 5.74) is 2.82. The zero-order valence-corrected chi connectivity index (χ0v) is 13.5. The molecule has 2 aromatic rings. The summed E-state index contributed by atoms with van der Waals surface area (Å²) >= 11 is 0. The maximum atomic E-state index is 12.3. The molecule has 22 heavy (non-hydrogen) atoms. The van der Waals surface area contributed by atoms with Gasteiger partial charge in [0, 0.05) is 12.6 Å². The second-order valence-corrected chi connectivity index (χ2v) is 5.40. The second kappa shape index (κ2) is 7.75. The Morgan fingerprint density at radius 3 is 2.68 bits per heavy atom. The maximum absolute atomic E-state index is 12.3. The third kappa shape index (κ3) is 3.95. The standard InChI is InChI=1S/C17H24N4O/c1-4-16-15(17(22)19-10-13(2)18-3)11-20-21(16)12-14-8-6-5-7-9-14/h5-9,11,13,18H,4,10,12H2,1-3H3,(H,19,22). The van der Waals surface area contributed by atoms with E-state index in [1.807, 2.05) is 43.8 Å². The van der Waals surface area contributed by atoms with Crippen LogP contribution in [0.5, 0.6) is 0 Å². The lowest BCUT2D eigenvalue weighted by molar-refractivity contribution is 0.0949. The molecule has 0 spiro atoms. The molecule has 2 rings (SSSR count). The number of benzene rings is 1. The monoisotopic (exact) mass is 300 g/mol. The molecular formula is C17H24N4O. The highest BCUT2D eigenvalue weighted by Gasteiger charge is 2.16. The Hall–Kier alpha value is -2.14. The normalized spacial score (nSPS) is 12.1. The first-order valence-corrected chi connectivity index (χ1v) is 7.69. The summed E-state index contributed by atoms with van der Waals surface area (Å²) in [6, 6.07) is 10.4. The predicted octanol–water partition coefficient (Wildman–Crippen LogP) is 1.83. The smallest absolute Gasteiger partial charge is 0.254 e. The van der Waals surface area contributed by atoms with Crippen molar-refractivity contribution in [1.29, 1.82) is 0 Å². The van der Waals surface area contributed by atoms with Crippen LogP contribution in [0.3, 0.4) is 0 Å². The Labute approximate surface area is 131 Å². The van der Waals surface area contributed by atoms with Gasteiger partial charge in [-0.05, 0) is 26.0 Å². The van der Waals surface area contributed by atoms with Crippen molar-refractivity contribution in [3.63, 3.8) is 0 Å². The number of nitrogens with one attached hydrogen (secondary N) is 2. The summed E-state index contributed by atoms with van der Waals surface area (Å²) in [7, 11) is 1.88. The van der Waals surface area contributed by atoms with E-state index in [1.54, 1.807) is 6.20 Å². The van der Waals surface area contributed by atoms with Gasteiger partial charge in [-0.3, -0.25) is 9.48 Å². The first kappa shape index (κ1) is 16.2. The molecule has 1 aromatic heterocycles. The van der Waals surface area contributed by atoms with Crippen LogP contribution in [0.2, 0.25) is 0 Å². The Bertz CT molecular complexity index is 606. The fraction of sp³-hybridized carbons (Fsp3) is 0.412. The van der Waals surface area contributed by atoms with Gasteiger partial charge in [0.2, 0.25) is 0 Å². The maximum Gasteiger partial charge on any atom is 0.254 e. The van der Waals surface area contributed by atoms with Crippen molar-refractivity contribution in [2.75, 3.05) is 13.6 Å². The van der Waals surface area contributed by atoms with Gasteiger partial charge in [0.25, 0.3) is 5.91 Å². The molecule has 2 N–H and O–H groups in total. The lowest BCUT2D eigenvalue weighted by atomic mass is 10.1. The molecule has 118 valence electrons. The molecule has 1 aromatic carbocycles. The molecule has 0 radical (unpaired) electrons. The Balaban J connectivity index is 2.11. The summed E-state index contributed by atoms with van der Waals surface area (Å²) in [6.07, 6.45) is 2.44. The molecule has 0 aliphatic rings. The minimum atomic E-state index is -0.0572. The molecule has 0 aliphatic heterocycles. The molecule has 1 heterocycles. The molecule has 5 heteroatoms. The van der Waals surface area contributed by atoms with Crippen molar-refractivity contribution in [1.82, 2.24) is 20.4 Å². The van der Waals surface area contributed by atoms with E-state index in [4.69, 9.17) is 0 Å². The first-order chi connectivity index (χ1) is 10.7. The van der Waals surface area contributed by atoms with Crippen molar-refractivity contribution in [3.8, 4) is 0 Å². The number of aromatic nitrogens is 2. The summed E-state index contributed by atoms with van der Waals surface area (Å²) < 4.78 is 1.91. The summed E-state index contributed by atoms with van der Waals surface area (Å²) in [6.45, 7) is 5.36. The third-order valence-electron chi connectivity index (χ3n) is 3.76. The highest BCUT2D eigenvalue weighted by Crippen LogP contribution is 2.12. The summed E-state index contributed by atoms with van der Waals surface area (Å²) in [4.78, 5) is 12.3. The SMILES string of the molecule is CCc1c(C(=O)NCC(C)NC)cnn1Cc1ccccc1. The van der Waals surface area contributed by atoms with Gasteiger partial charge in [0.05, 0.1) is 24.0 Å². The average molecular weight is 300 g/mol. The molecular weight excluding hydrogens is 276 g/mol. The molecule has 5 nitrogen and oxygen atoms in total. The van der Waals surface area contributed by atoms with E-state index in [1.165, 1.54) is 5.56 Å². The topological polar surface area (TPSA) is 59.0 Å². The minimum Gasteiger partial charge on any atom is -0.350 e. The van der Waals surface area contributed by atoms with Gasteiger partial charge in [-0.15, -0.1) is 0 Å². The minimum absolute atomic E-state index is 0.0572. The number of rotatable bonds is 7. The first-order valence-electron chi connectivity index (χ1n) is 7.69. The van der Waals surface area contributed by atoms with Crippen LogP contribution in [-0.4, -0.2) is 35.3 Å². The fourth-order valence-electron chi connectivity index (χ4n) is 2.31. The summed E-state index contributed by atoms with van der Waals surface area (Å²) in [5, 5.41) is 10.4. The molecule has 1 amide bonds. The van der Waals surface area contributed by atoms with Crippen LogP contribution in [0.25, 0.3) is 0 Å². The molecule has 0 saturated carbocycles. The zero-order valence-electron chi connectivity index (χ0n) is 13.5. The van der Waals surface area contributed by atoms with Gasteiger partial charge >= 0.3 is 0 Å². The molecule has 0 fully saturated rings. The number of nitrogens with zero attached hydrogens (tertiary/aromatic N) is 2. The fourth-order valence-corrected chi connectivity index (χ4v) is 2.31. The molecule has 0 saturated heterocycles. The van der Waals surface area contributed by atoms with Gasteiger partial charge in [0.15, 0.2) is 0 Å². The highest BCUT2D eigenvalue weighted by molar-refractivity contribution is 5.95. The average Bonchev–Trinajstić information content (AvgIpc) is 2.95. The number of carbonyl (C=O) groups is 1. The third-order valence-corrected chi connectivity index (χ3v) is 3.76. The van der Waals surface area contributed by atoms with Crippen LogP contribution in [0, 0.1) is 0 Å². The molecule has 1 unspecified atom stereocenters. The zero-order chi connectivity index (χ0) is 15.9.